The number of amides is 2. The number of benzene rings is 3. The first-order valence-corrected chi connectivity index (χ1v) is 10.5. The highest BCUT2D eigenvalue weighted by atomic mass is 16.7. The van der Waals surface area contributed by atoms with Gasteiger partial charge in [-0.25, -0.2) is 0 Å². The van der Waals surface area contributed by atoms with Crippen LogP contribution in [-0.2, 0) is 20.9 Å². The van der Waals surface area contributed by atoms with Crippen molar-refractivity contribution in [3.05, 3.63) is 101 Å². The van der Waals surface area contributed by atoms with E-state index in [1.807, 2.05) is 30.3 Å². The number of hydrogen-bond donors (Lipinski definition) is 2. The van der Waals surface area contributed by atoms with E-state index in [0.717, 1.165) is 5.56 Å². The fourth-order valence-corrected chi connectivity index (χ4v) is 3.15. The van der Waals surface area contributed by atoms with Gasteiger partial charge >= 0.3 is 5.97 Å². The Bertz CT molecular complexity index is 1210. The standard InChI is InChI=1S/C26H22N2O6/c29-24(32-16-18-7-3-1-4-8-18)15-27-26(31)21(28-25(30)20-9-5-2-6-10-20)13-19-11-12-22-23(14-19)34-17-33-22/h1-14H,15-17H2,(H,27,31)(H,28,30). The maximum absolute atomic E-state index is 12.9. The Morgan fingerprint density at radius 2 is 1.59 bits per heavy atom. The molecule has 1 heterocycles. The van der Waals surface area contributed by atoms with E-state index in [2.05, 4.69) is 10.6 Å². The molecule has 0 spiro atoms. The Hall–Kier alpha value is -4.59. The largest absolute Gasteiger partial charge is 0.460 e. The molecule has 0 atom stereocenters. The molecule has 0 saturated heterocycles. The van der Waals surface area contributed by atoms with Gasteiger partial charge in [0, 0.05) is 5.56 Å². The average molecular weight is 458 g/mol. The normalized spacial score (nSPS) is 12.1. The molecule has 8 heteroatoms. The summed E-state index contributed by atoms with van der Waals surface area (Å²) in [6.07, 6.45) is 1.49. The van der Waals surface area contributed by atoms with Gasteiger partial charge in [-0.15, -0.1) is 0 Å². The summed E-state index contributed by atoms with van der Waals surface area (Å²) in [5.41, 5.74) is 1.79. The van der Waals surface area contributed by atoms with E-state index in [4.69, 9.17) is 14.2 Å². The van der Waals surface area contributed by atoms with Crippen molar-refractivity contribution in [2.45, 2.75) is 6.61 Å². The van der Waals surface area contributed by atoms with Crippen molar-refractivity contribution in [1.82, 2.24) is 10.6 Å². The summed E-state index contributed by atoms with van der Waals surface area (Å²) in [6, 6.07) is 22.8. The summed E-state index contributed by atoms with van der Waals surface area (Å²) in [5.74, 6) is -0.577. The summed E-state index contributed by atoms with van der Waals surface area (Å²) in [6.45, 7) is -0.142. The third-order valence-electron chi connectivity index (χ3n) is 4.87. The highest BCUT2D eigenvalue weighted by Crippen LogP contribution is 2.33. The highest BCUT2D eigenvalue weighted by molar-refractivity contribution is 6.05. The number of fused-ring (bicyclic) bond motifs is 1. The molecule has 0 saturated carbocycles. The molecule has 3 aromatic rings. The second-order valence-electron chi connectivity index (χ2n) is 7.32. The number of rotatable bonds is 8. The smallest absolute Gasteiger partial charge is 0.325 e. The Balaban J connectivity index is 1.44. The molecule has 2 amide bonds. The van der Waals surface area contributed by atoms with E-state index in [1.165, 1.54) is 6.08 Å². The van der Waals surface area contributed by atoms with Crippen LogP contribution in [0.25, 0.3) is 6.08 Å². The second kappa shape index (κ2) is 10.8. The number of nitrogens with one attached hydrogen (secondary N) is 2. The molecule has 0 unspecified atom stereocenters. The van der Waals surface area contributed by atoms with Crippen molar-refractivity contribution in [1.29, 1.82) is 0 Å². The molecule has 4 rings (SSSR count). The topological polar surface area (TPSA) is 103 Å². The lowest BCUT2D eigenvalue weighted by Crippen LogP contribution is -2.37. The second-order valence-corrected chi connectivity index (χ2v) is 7.32. The maximum atomic E-state index is 12.9. The molecule has 0 aliphatic carbocycles. The zero-order valence-electron chi connectivity index (χ0n) is 18.2. The van der Waals surface area contributed by atoms with Gasteiger partial charge in [-0.3, -0.25) is 14.4 Å². The highest BCUT2D eigenvalue weighted by Gasteiger charge is 2.18. The van der Waals surface area contributed by atoms with Crippen LogP contribution in [0.3, 0.4) is 0 Å². The fraction of sp³-hybridized carbons (Fsp3) is 0.115. The monoisotopic (exact) mass is 458 g/mol. The minimum absolute atomic E-state index is 0.0384. The molecule has 1 aliphatic rings. The molecular formula is C26H22N2O6. The number of esters is 1. The van der Waals surface area contributed by atoms with Crippen molar-refractivity contribution in [2.24, 2.45) is 0 Å². The number of carbonyl (C=O) groups excluding carboxylic acids is 3. The van der Waals surface area contributed by atoms with E-state index in [1.54, 1.807) is 48.5 Å². The molecule has 2 N–H and O–H groups in total. The molecule has 172 valence electrons. The minimum Gasteiger partial charge on any atom is -0.460 e. The van der Waals surface area contributed by atoms with Crippen LogP contribution in [-0.4, -0.2) is 31.1 Å². The van der Waals surface area contributed by atoms with E-state index >= 15 is 0 Å². The minimum atomic E-state index is -0.640. The predicted molar refractivity (Wildman–Crippen MR) is 124 cm³/mol. The van der Waals surface area contributed by atoms with Crippen LogP contribution in [0.5, 0.6) is 11.5 Å². The van der Waals surface area contributed by atoms with E-state index in [9.17, 15) is 14.4 Å². The van der Waals surface area contributed by atoms with Gasteiger partial charge in [0.25, 0.3) is 11.8 Å². The third kappa shape index (κ3) is 6.01. The first-order chi connectivity index (χ1) is 16.6. The lowest BCUT2D eigenvalue weighted by molar-refractivity contribution is -0.144. The van der Waals surface area contributed by atoms with E-state index < -0.39 is 17.8 Å². The SMILES string of the molecule is O=C(CNC(=O)C(=Cc1ccc2c(c1)OCO2)NC(=O)c1ccccc1)OCc1ccccc1. The van der Waals surface area contributed by atoms with Crippen molar-refractivity contribution in [3.63, 3.8) is 0 Å². The van der Waals surface area contributed by atoms with Crippen LogP contribution in [0.4, 0.5) is 0 Å². The van der Waals surface area contributed by atoms with Crippen LogP contribution in [0.15, 0.2) is 84.6 Å². The van der Waals surface area contributed by atoms with E-state index in [-0.39, 0.29) is 25.6 Å². The Labute approximate surface area is 196 Å². The maximum Gasteiger partial charge on any atom is 0.325 e. The van der Waals surface area contributed by atoms with Gasteiger partial charge in [0.2, 0.25) is 6.79 Å². The molecule has 34 heavy (non-hydrogen) atoms. The summed E-state index contributed by atoms with van der Waals surface area (Å²) >= 11 is 0. The molecule has 8 nitrogen and oxygen atoms in total. The van der Waals surface area contributed by atoms with Crippen molar-refractivity contribution >= 4 is 23.9 Å². The van der Waals surface area contributed by atoms with Crippen LogP contribution in [0, 0.1) is 0 Å². The predicted octanol–water partition coefficient (Wildman–Crippen LogP) is 3.05. The van der Waals surface area contributed by atoms with Crippen LogP contribution in [0.2, 0.25) is 0 Å². The zero-order valence-corrected chi connectivity index (χ0v) is 18.2. The Morgan fingerprint density at radius 3 is 2.35 bits per heavy atom. The fourth-order valence-electron chi connectivity index (χ4n) is 3.15. The molecule has 0 bridgehead atoms. The van der Waals surface area contributed by atoms with Crippen LogP contribution < -0.4 is 20.1 Å². The number of ether oxygens (including phenoxy) is 3. The molecular weight excluding hydrogens is 436 g/mol. The van der Waals surface area contributed by atoms with Gasteiger partial charge < -0.3 is 24.8 Å². The quantitative estimate of drug-likeness (QED) is 0.397. The molecule has 1 aliphatic heterocycles. The summed E-state index contributed by atoms with van der Waals surface area (Å²) in [5, 5.41) is 5.11. The van der Waals surface area contributed by atoms with Crippen molar-refractivity contribution in [2.75, 3.05) is 13.3 Å². The summed E-state index contributed by atoms with van der Waals surface area (Å²) in [4.78, 5) is 37.6. The van der Waals surface area contributed by atoms with Gasteiger partial charge in [0.1, 0.15) is 18.8 Å². The number of carbonyl (C=O) groups is 3. The molecule has 0 radical (unpaired) electrons. The molecule has 0 fully saturated rings. The number of hydrogen-bond acceptors (Lipinski definition) is 6. The van der Waals surface area contributed by atoms with Crippen LogP contribution >= 0.6 is 0 Å². The van der Waals surface area contributed by atoms with Gasteiger partial charge in [-0.05, 0) is 41.5 Å². The van der Waals surface area contributed by atoms with Crippen molar-refractivity contribution in [3.8, 4) is 11.5 Å². The van der Waals surface area contributed by atoms with Gasteiger partial charge in [-0.2, -0.15) is 0 Å². The lowest BCUT2D eigenvalue weighted by Gasteiger charge is -2.11. The van der Waals surface area contributed by atoms with Crippen molar-refractivity contribution < 1.29 is 28.6 Å². The Morgan fingerprint density at radius 1 is 0.882 bits per heavy atom. The first kappa shape index (κ1) is 22.6. The molecule has 0 aromatic heterocycles. The molecule has 3 aromatic carbocycles. The van der Waals surface area contributed by atoms with Gasteiger partial charge in [-0.1, -0.05) is 54.6 Å². The summed E-state index contributed by atoms with van der Waals surface area (Å²) in [7, 11) is 0. The van der Waals surface area contributed by atoms with E-state index in [0.29, 0.717) is 22.6 Å². The van der Waals surface area contributed by atoms with Gasteiger partial charge in [0.05, 0.1) is 0 Å². The third-order valence-corrected chi connectivity index (χ3v) is 4.87. The lowest BCUT2D eigenvalue weighted by atomic mass is 10.1. The van der Waals surface area contributed by atoms with Gasteiger partial charge in [0.15, 0.2) is 11.5 Å². The average Bonchev–Trinajstić information content (AvgIpc) is 3.34. The van der Waals surface area contributed by atoms with Crippen LogP contribution in [0.1, 0.15) is 21.5 Å². The Kier molecular flexibility index (Phi) is 7.19. The first-order valence-electron chi connectivity index (χ1n) is 10.5. The summed E-state index contributed by atoms with van der Waals surface area (Å²) < 4.78 is 15.9. The zero-order chi connectivity index (χ0) is 23.8.